The average Bonchev–Trinajstić information content (AvgIpc) is 1.79. The summed E-state index contributed by atoms with van der Waals surface area (Å²) in [5.74, 6) is -4.65. The molecule has 1 fully saturated rings. The van der Waals surface area contributed by atoms with E-state index >= 15 is 0 Å². The molecule has 0 amide bonds. The first-order valence-electron chi connectivity index (χ1n) is 3.55. The van der Waals surface area contributed by atoms with Gasteiger partial charge in [0.15, 0.2) is 0 Å². The van der Waals surface area contributed by atoms with Crippen molar-refractivity contribution in [3.8, 4) is 0 Å². The number of ether oxygens (including phenoxy) is 1. The lowest BCUT2D eigenvalue weighted by molar-refractivity contribution is -0.237. The minimum atomic E-state index is -3.17. The van der Waals surface area contributed by atoms with Gasteiger partial charge in [-0.15, -0.1) is 0 Å². The molecule has 0 radical (unpaired) electrons. The molecule has 12 heavy (non-hydrogen) atoms. The monoisotopic (exact) mass is 180 g/mol. The van der Waals surface area contributed by atoms with Crippen molar-refractivity contribution in [2.24, 2.45) is 5.41 Å². The van der Waals surface area contributed by atoms with Crippen LogP contribution in [0.5, 0.6) is 0 Å². The smallest absolute Gasteiger partial charge is 0.309 e. The van der Waals surface area contributed by atoms with Crippen LogP contribution in [0.25, 0.3) is 0 Å². The third-order valence-corrected chi connectivity index (χ3v) is 2.10. The molecule has 1 saturated heterocycles. The Morgan fingerprint density at radius 3 is 2.42 bits per heavy atom. The van der Waals surface area contributed by atoms with Gasteiger partial charge in [0.25, 0.3) is 5.92 Å². The molecule has 1 aliphatic rings. The second-order valence-corrected chi connectivity index (χ2v) is 3.33. The zero-order valence-corrected chi connectivity index (χ0v) is 6.64. The molecule has 1 rings (SSSR count). The Hall–Kier alpha value is -0.710. The van der Waals surface area contributed by atoms with Crippen LogP contribution in [0.1, 0.15) is 13.3 Å². The molecule has 70 valence electrons. The van der Waals surface area contributed by atoms with Gasteiger partial charge in [-0.05, 0) is 6.92 Å². The first-order chi connectivity index (χ1) is 5.37. The zero-order valence-electron chi connectivity index (χ0n) is 6.64. The topological polar surface area (TPSA) is 46.5 Å². The van der Waals surface area contributed by atoms with Crippen molar-refractivity contribution in [2.45, 2.75) is 19.3 Å². The fourth-order valence-corrected chi connectivity index (χ4v) is 1.02. The van der Waals surface area contributed by atoms with Crippen LogP contribution in [0.4, 0.5) is 8.78 Å². The molecule has 3 nitrogen and oxygen atoms in total. The lowest BCUT2D eigenvalue weighted by Gasteiger charge is -2.43. The van der Waals surface area contributed by atoms with Crippen molar-refractivity contribution in [1.82, 2.24) is 0 Å². The molecule has 0 saturated carbocycles. The lowest BCUT2D eigenvalue weighted by Crippen LogP contribution is -2.54. The maximum absolute atomic E-state index is 13.0. The highest BCUT2D eigenvalue weighted by atomic mass is 19.3. The van der Waals surface area contributed by atoms with E-state index in [1.165, 1.54) is 6.92 Å². The number of hydrogen-bond donors (Lipinski definition) is 1. The maximum Gasteiger partial charge on any atom is 0.309 e. The minimum absolute atomic E-state index is 0.0622. The summed E-state index contributed by atoms with van der Waals surface area (Å²) in [6, 6.07) is 0. The first-order valence-corrected chi connectivity index (χ1v) is 3.55. The van der Waals surface area contributed by atoms with Crippen LogP contribution >= 0.6 is 0 Å². The molecule has 0 aromatic heterocycles. The summed E-state index contributed by atoms with van der Waals surface area (Å²) in [6.07, 6.45) is -1.12. The SMILES string of the molecule is CC1(C(F)(F)CC(=O)O)COC1. The normalized spacial score (nSPS) is 21.6. The first kappa shape index (κ1) is 9.38. The molecule has 5 heteroatoms. The number of carboxylic acids is 1. The molecule has 0 aliphatic carbocycles. The van der Waals surface area contributed by atoms with Gasteiger partial charge in [-0.2, -0.15) is 0 Å². The summed E-state index contributed by atoms with van der Waals surface area (Å²) in [5, 5.41) is 8.21. The van der Waals surface area contributed by atoms with Gasteiger partial charge in [-0.3, -0.25) is 4.79 Å². The molecule has 0 atom stereocenters. The van der Waals surface area contributed by atoms with E-state index in [0.29, 0.717) is 0 Å². The predicted octanol–water partition coefficient (Wildman–Crippen LogP) is 1.13. The van der Waals surface area contributed by atoms with Crippen LogP contribution in [0.15, 0.2) is 0 Å². The third-order valence-electron chi connectivity index (χ3n) is 2.10. The predicted molar refractivity (Wildman–Crippen MR) is 36.1 cm³/mol. The van der Waals surface area contributed by atoms with Gasteiger partial charge in [0.05, 0.1) is 18.6 Å². The molecule has 0 bridgehead atoms. The average molecular weight is 180 g/mol. The summed E-state index contributed by atoms with van der Waals surface area (Å²) in [7, 11) is 0. The Bertz CT molecular complexity index is 199. The lowest BCUT2D eigenvalue weighted by atomic mass is 9.80. The van der Waals surface area contributed by atoms with Crippen LogP contribution in [0.2, 0.25) is 0 Å². The Balaban J connectivity index is 2.63. The molecule has 0 unspecified atom stereocenters. The second kappa shape index (κ2) is 2.65. The molecule has 1 heterocycles. The summed E-state index contributed by atoms with van der Waals surface area (Å²) < 4.78 is 30.7. The number of carbonyl (C=O) groups is 1. The van der Waals surface area contributed by atoms with E-state index in [9.17, 15) is 13.6 Å². The van der Waals surface area contributed by atoms with E-state index in [2.05, 4.69) is 4.74 Å². The molecule has 0 aromatic rings. The van der Waals surface area contributed by atoms with Gasteiger partial charge in [0, 0.05) is 0 Å². The highest BCUT2D eigenvalue weighted by Gasteiger charge is 2.56. The van der Waals surface area contributed by atoms with Crippen LogP contribution in [0, 0.1) is 5.41 Å². The number of carboxylic acid groups (broad SMARTS) is 1. The van der Waals surface area contributed by atoms with Crippen molar-refractivity contribution >= 4 is 5.97 Å². The highest BCUT2D eigenvalue weighted by Crippen LogP contribution is 2.44. The van der Waals surface area contributed by atoms with Crippen molar-refractivity contribution in [3.63, 3.8) is 0 Å². The summed E-state index contributed by atoms with van der Waals surface area (Å²) in [6.45, 7) is 1.21. The molecular weight excluding hydrogens is 170 g/mol. The molecule has 1 aliphatic heterocycles. The van der Waals surface area contributed by atoms with Crippen molar-refractivity contribution < 1.29 is 23.4 Å². The Labute approximate surface area is 68.3 Å². The number of alkyl halides is 2. The largest absolute Gasteiger partial charge is 0.481 e. The van der Waals surface area contributed by atoms with Gasteiger partial charge in [-0.1, -0.05) is 0 Å². The number of hydrogen-bond acceptors (Lipinski definition) is 2. The summed E-state index contributed by atoms with van der Waals surface area (Å²) >= 11 is 0. The molecule has 0 aromatic carbocycles. The standard InChI is InChI=1S/C7H10F2O3/c1-6(3-12-4-6)7(8,9)2-5(10)11/h2-4H2,1H3,(H,10,11). The second-order valence-electron chi connectivity index (χ2n) is 3.33. The van der Waals surface area contributed by atoms with Crippen LogP contribution < -0.4 is 0 Å². The van der Waals surface area contributed by atoms with Gasteiger partial charge in [-0.25, -0.2) is 8.78 Å². The number of aliphatic carboxylic acids is 1. The van der Waals surface area contributed by atoms with Crippen LogP contribution in [-0.4, -0.2) is 30.2 Å². The minimum Gasteiger partial charge on any atom is -0.481 e. The van der Waals surface area contributed by atoms with Crippen molar-refractivity contribution in [2.75, 3.05) is 13.2 Å². The molecule has 0 spiro atoms. The summed E-state index contributed by atoms with van der Waals surface area (Å²) in [4.78, 5) is 10.1. The van der Waals surface area contributed by atoms with Crippen LogP contribution in [0.3, 0.4) is 0 Å². The van der Waals surface area contributed by atoms with Crippen LogP contribution in [-0.2, 0) is 9.53 Å². The van der Waals surface area contributed by atoms with Gasteiger partial charge >= 0.3 is 5.97 Å². The van der Waals surface area contributed by atoms with E-state index in [1.54, 1.807) is 0 Å². The number of rotatable bonds is 3. The van der Waals surface area contributed by atoms with E-state index in [1.807, 2.05) is 0 Å². The quantitative estimate of drug-likeness (QED) is 0.708. The fraction of sp³-hybridized carbons (Fsp3) is 0.857. The van der Waals surface area contributed by atoms with E-state index in [4.69, 9.17) is 5.11 Å². The fourth-order valence-electron chi connectivity index (χ4n) is 1.02. The van der Waals surface area contributed by atoms with Crippen molar-refractivity contribution in [3.05, 3.63) is 0 Å². The highest BCUT2D eigenvalue weighted by molar-refractivity contribution is 5.68. The molecular formula is C7H10F2O3. The van der Waals surface area contributed by atoms with E-state index in [0.717, 1.165) is 0 Å². The van der Waals surface area contributed by atoms with E-state index < -0.39 is 23.7 Å². The maximum atomic E-state index is 13.0. The van der Waals surface area contributed by atoms with Crippen molar-refractivity contribution in [1.29, 1.82) is 0 Å². The Morgan fingerprint density at radius 1 is 1.67 bits per heavy atom. The van der Waals surface area contributed by atoms with Gasteiger partial charge in [0.2, 0.25) is 0 Å². The summed E-state index contributed by atoms with van der Waals surface area (Å²) in [5.41, 5.74) is -1.29. The Morgan fingerprint density at radius 2 is 2.17 bits per heavy atom. The number of halogens is 2. The van der Waals surface area contributed by atoms with Gasteiger partial charge in [0.1, 0.15) is 6.42 Å². The third kappa shape index (κ3) is 1.41. The Kier molecular flexibility index (Phi) is 2.07. The van der Waals surface area contributed by atoms with E-state index in [-0.39, 0.29) is 13.2 Å². The van der Waals surface area contributed by atoms with Gasteiger partial charge < -0.3 is 9.84 Å². The zero-order chi connectivity index (χ0) is 9.41. The molecule has 1 N–H and O–H groups in total.